The Hall–Kier alpha value is -2.43. The molecule has 2 aromatic carbocycles. The molecule has 0 bridgehead atoms. The molecule has 2 aromatic rings. The van der Waals surface area contributed by atoms with Crippen molar-refractivity contribution in [3.05, 3.63) is 52.5 Å². The lowest BCUT2D eigenvalue weighted by atomic mass is 10.00. The zero-order chi connectivity index (χ0) is 22.2. The molecule has 1 N–H and O–H groups in total. The summed E-state index contributed by atoms with van der Waals surface area (Å²) in [6.45, 7) is 0.445. The molecule has 0 unspecified atom stereocenters. The third-order valence-electron chi connectivity index (χ3n) is 5.54. The first-order valence-electron chi connectivity index (χ1n) is 9.68. The minimum atomic E-state index is -3.81. The maximum absolute atomic E-state index is 13.3. The number of hydrogen-bond acceptors (Lipinski definition) is 6. The first-order chi connectivity index (χ1) is 14.8. The van der Waals surface area contributed by atoms with Crippen molar-refractivity contribution in [2.45, 2.75) is 23.4 Å². The van der Waals surface area contributed by atoms with E-state index in [1.807, 2.05) is 24.3 Å². The lowest BCUT2D eigenvalue weighted by Crippen LogP contribution is -2.52. The quantitative estimate of drug-likeness (QED) is 0.670. The number of amides is 1. The summed E-state index contributed by atoms with van der Waals surface area (Å²) in [7, 11) is -0.898. The summed E-state index contributed by atoms with van der Waals surface area (Å²) in [5, 5.41) is 2.96. The first-order valence-corrected chi connectivity index (χ1v) is 11.9. The topological polar surface area (TPSA) is 97.3 Å². The van der Waals surface area contributed by atoms with Crippen LogP contribution in [0.5, 0.6) is 11.5 Å². The number of ether oxygens (including phenoxy) is 2. The number of sulfonamides is 1. The van der Waals surface area contributed by atoms with E-state index in [0.717, 1.165) is 10.0 Å². The van der Waals surface area contributed by atoms with Crippen molar-refractivity contribution in [2.24, 2.45) is 4.99 Å². The van der Waals surface area contributed by atoms with Gasteiger partial charge in [-0.3, -0.25) is 9.79 Å². The second-order valence-electron chi connectivity index (χ2n) is 7.37. The van der Waals surface area contributed by atoms with Gasteiger partial charge in [-0.05, 0) is 24.3 Å². The molecule has 0 saturated carbocycles. The van der Waals surface area contributed by atoms with E-state index < -0.39 is 15.7 Å². The van der Waals surface area contributed by atoms with Crippen LogP contribution in [0, 0.1) is 0 Å². The number of benzene rings is 2. The van der Waals surface area contributed by atoms with Crippen LogP contribution in [0.1, 0.15) is 18.4 Å². The molecule has 0 atom stereocenters. The number of halogens is 1. The standard InChI is InChI=1S/C21H22BrN3O5S/c1-29-16-7-8-17(30-2)18(13-16)31(27,28)25-11-9-21(10-12-25)23-19(20(26)24-21)14-3-5-15(22)6-4-14/h3-8,13H,9-12H2,1-2H3,(H,24,26). The van der Waals surface area contributed by atoms with Crippen molar-refractivity contribution in [3.8, 4) is 11.5 Å². The summed E-state index contributed by atoms with van der Waals surface area (Å²) in [5.74, 6) is 0.443. The van der Waals surface area contributed by atoms with Crippen LogP contribution in [0.15, 0.2) is 56.8 Å². The molecule has 1 fully saturated rings. The number of hydrogen-bond donors (Lipinski definition) is 1. The summed E-state index contributed by atoms with van der Waals surface area (Å²) in [6.07, 6.45) is 0.758. The predicted molar refractivity (Wildman–Crippen MR) is 119 cm³/mol. The average Bonchev–Trinajstić information content (AvgIpc) is 3.09. The summed E-state index contributed by atoms with van der Waals surface area (Å²) < 4.78 is 39.3. The predicted octanol–water partition coefficient (Wildman–Crippen LogP) is 2.57. The van der Waals surface area contributed by atoms with E-state index in [2.05, 4.69) is 26.2 Å². The molecule has 2 heterocycles. The molecule has 2 aliphatic heterocycles. The van der Waals surface area contributed by atoms with Gasteiger partial charge in [0.1, 0.15) is 27.8 Å². The van der Waals surface area contributed by atoms with E-state index in [1.54, 1.807) is 12.1 Å². The lowest BCUT2D eigenvalue weighted by Gasteiger charge is -2.36. The third kappa shape index (κ3) is 4.07. The highest BCUT2D eigenvalue weighted by molar-refractivity contribution is 9.10. The van der Waals surface area contributed by atoms with Crippen LogP contribution in [-0.4, -0.2) is 57.3 Å². The molecule has 31 heavy (non-hydrogen) atoms. The number of nitrogens with zero attached hydrogens (tertiary/aromatic N) is 2. The van der Waals surface area contributed by atoms with E-state index in [1.165, 1.54) is 24.6 Å². The molecule has 0 aromatic heterocycles. The average molecular weight is 508 g/mol. The van der Waals surface area contributed by atoms with Gasteiger partial charge in [-0.2, -0.15) is 4.31 Å². The fraction of sp³-hybridized carbons (Fsp3) is 0.333. The Morgan fingerprint density at radius 2 is 1.74 bits per heavy atom. The Morgan fingerprint density at radius 3 is 2.35 bits per heavy atom. The van der Waals surface area contributed by atoms with Crippen LogP contribution >= 0.6 is 15.9 Å². The fourth-order valence-corrected chi connectivity index (χ4v) is 5.70. The van der Waals surface area contributed by atoms with Crippen molar-refractivity contribution >= 4 is 37.6 Å². The van der Waals surface area contributed by atoms with Crippen LogP contribution in [-0.2, 0) is 14.8 Å². The highest BCUT2D eigenvalue weighted by atomic mass is 79.9. The van der Waals surface area contributed by atoms with Crippen molar-refractivity contribution in [1.29, 1.82) is 0 Å². The molecule has 10 heteroatoms. The molecular formula is C21H22BrN3O5S. The highest BCUT2D eigenvalue weighted by Gasteiger charge is 2.44. The van der Waals surface area contributed by atoms with Gasteiger partial charge in [0.05, 0.1) is 14.2 Å². The van der Waals surface area contributed by atoms with Crippen LogP contribution in [0.4, 0.5) is 0 Å². The number of piperidine rings is 1. The fourth-order valence-electron chi connectivity index (χ4n) is 3.82. The summed E-state index contributed by atoms with van der Waals surface area (Å²) in [5.41, 5.74) is 0.316. The Morgan fingerprint density at radius 1 is 1.06 bits per heavy atom. The van der Waals surface area contributed by atoms with Crippen LogP contribution < -0.4 is 14.8 Å². The van der Waals surface area contributed by atoms with Gasteiger partial charge in [-0.25, -0.2) is 8.42 Å². The number of carbonyl (C=O) groups is 1. The molecule has 0 radical (unpaired) electrons. The van der Waals surface area contributed by atoms with Gasteiger partial charge in [0.2, 0.25) is 10.0 Å². The minimum absolute atomic E-state index is 0.0554. The van der Waals surface area contributed by atoms with Gasteiger partial charge in [-0.1, -0.05) is 28.1 Å². The number of methoxy groups -OCH3 is 2. The van der Waals surface area contributed by atoms with Gasteiger partial charge >= 0.3 is 0 Å². The van der Waals surface area contributed by atoms with Crippen molar-refractivity contribution in [1.82, 2.24) is 9.62 Å². The second kappa shape index (κ2) is 8.25. The van der Waals surface area contributed by atoms with Crippen LogP contribution in [0.3, 0.4) is 0 Å². The molecule has 1 spiro atoms. The van der Waals surface area contributed by atoms with E-state index in [9.17, 15) is 13.2 Å². The zero-order valence-corrected chi connectivity index (χ0v) is 19.5. The maximum Gasteiger partial charge on any atom is 0.272 e. The van der Waals surface area contributed by atoms with Gasteiger partial charge in [-0.15, -0.1) is 0 Å². The Bertz CT molecular complexity index is 1140. The molecule has 1 saturated heterocycles. The second-order valence-corrected chi connectivity index (χ2v) is 10.2. The number of aliphatic imine (C=N–C) groups is 1. The molecule has 4 rings (SSSR count). The van der Waals surface area contributed by atoms with Gasteiger partial charge < -0.3 is 14.8 Å². The van der Waals surface area contributed by atoms with Gasteiger partial charge in [0.15, 0.2) is 0 Å². The maximum atomic E-state index is 13.3. The number of carbonyl (C=O) groups excluding carboxylic acids is 1. The third-order valence-corrected chi connectivity index (χ3v) is 7.99. The van der Waals surface area contributed by atoms with E-state index in [0.29, 0.717) is 24.3 Å². The SMILES string of the molecule is COc1ccc(OC)c(S(=O)(=O)N2CCC3(CC2)N=C(c2ccc(Br)cc2)C(=O)N3)c1. The molecule has 164 valence electrons. The minimum Gasteiger partial charge on any atom is -0.497 e. The van der Waals surface area contributed by atoms with E-state index in [4.69, 9.17) is 9.47 Å². The lowest BCUT2D eigenvalue weighted by molar-refractivity contribution is -0.115. The summed E-state index contributed by atoms with van der Waals surface area (Å²) in [4.78, 5) is 17.3. The molecule has 2 aliphatic rings. The Balaban J connectivity index is 1.56. The summed E-state index contributed by atoms with van der Waals surface area (Å²) in [6, 6.07) is 12.0. The van der Waals surface area contributed by atoms with Gasteiger partial charge in [0, 0.05) is 42.0 Å². The van der Waals surface area contributed by atoms with E-state index in [-0.39, 0.29) is 29.6 Å². The van der Waals surface area contributed by atoms with Crippen molar-refractivity contribution < 1.29 is 22.7 Å². The summed E-state index contributed by atoms with van der Waals surface area (Å²) >= 11 is 3.38. The monoisotopic (exact) mass is 507 g/mol. The first kappa shape index (κ1) is 21.8. The van der Waals surface area contributed by atoms with Crippen molar-refractivity contribution in [3.63, 3.8) is 0 Å². The van der Waals surface area contributed by atoms with Crippen LogP contribution in [0.25, 0.3) is 0 Å². The molecular weight excluding hydrogens is 486 g/mol. The molecule has 1 amide bonds. The van der Waals surface area contributed by atoms with Crippen LogP contribution in [0.2, 0.25) is 0 Å². The molecule has 0 aliphatic carbocycles. The van der Waals surface area contributed by atoms with Crippen molar-refractivity contribution in [2.75, 3.05) is 27.3 Å². The Kier molecular flexibility index (Phi) is 5.80. The van der Waals surface area contributed by atoms with Gasteiger partial charge in [0.25, 0.3) is 5.91 Å². The normalized spacial score (nSPS) is 18.5. The zero-order valence-electron chi connectivity index (χ0n) is 17.1. The largest absolute Gasteiger partial charge is 0.497 e. The highest BCUT2D eigenvalue weighted by Crippen LogP contribution is 2.35. The van der Waals surface area contributed by atoms with E-state index >= 15 is 0 Å². The number of rotatable bonds is 5. The Labute approximate surface area is 189 Å². The number of nitrogens with one attached hydrogen (secondary N) is 1. The smallest absolute Gasteiger partial charge is 0.272 e. The molecule has 8 nitrogen and oxygen atoms in total.